The van der Waals surface area contributed by atoms with Gasteiger partial charge in [-0.25, -0.2) is 0 Å². The Morgan fingerprint density at radius 2 is 2.10 bits per heavy atom. The van der Waals surface area contributed by atoms with Gasteiger partial charge < -0.3 is 19.5 Å². The highest BCUT2D eigenvalue weighted by atomic mass is 16.5. The Bertz CT molecular complexity index is 422. The first kappa shape index (κ1) is 15.3. The number of aryl methyl sites for hydroxylation is 1. The quantitative estimate of drug-likeness (QED) is 0.778. The topological polar surface area (TPSA) is 39.7 Å². The first-order valence-electron chi connectivity index (χ1n) is 7.30. The van der Waals surface area contributed by atoms with Gasteiger partial charge in [0.15, 0.2) is 0 Å². The molecule has 0 radical (unpaired) electrons. The molecule has 2 unspecified atom stereocenters. The highest BCUT2D eigenvalue weighted by molar-refractivity contribution is 5.40. The molecule has 2 rings (SSSR count). The van der Waals surface area contributed by atoms with E-state index in [4.69, 9.17) is 14.2 Å². The average Bonchev–Trinajstić information content (AvgIpc) is 2.49. The number of fused-ring (bicyclic) bond motifs is 1. The molecule has 0 aromatic heterocycles. The second-order valence-electron chi connectivity index (χ2n) is 5.04. The maximum absolute atomic E-state index is 5.99. The molecule has 0 aliphatic heterocycles. The molecule has 0 saturated carbocycles. The Labute approximate surface area is 121 Å². The monoisotopic (exact) mass is 279 g/mol. The van der Waals surface area contributed by atoms with E-state index in [1.54, 1.807) is 14.2 Å². The number of ether oxygens (including phenoxy) is 3. The van der Waals surface area contributed by atoms with E-state index < -0.39 is 0 Å². The van der Waals surface area contributed by atoms with Crippen LogP contribution in [-0.4, -0.2) is 40.1 Å². The summed E-state index contributed by atoms with van der Waals surface area (Å²) in [6.07, 6.45) is 2.30. The molecule has 4 heteroatoms. The summed E-state index contributed by atoms with van der Waals surface area (Å²) in [5, 5.41) is 3.55. The molecule has 0 fully saturated rings. The number of nitrogens with one attached hydrogen (secondary N) is 1. The van der Waals surface area contributed by atoms with Crippen molar-refractivity contribution in [3.05, 3.63) is 29.3 Å². The minimum atomic E-state index is 0.199. The summed E-state index contributed by atoms with van der Waals surface area (Å²) in [5.74, 6) is 0.907. The minimum absolute atomic E-state index is 0.199. The van der Waals surface area contributed by atoms with E-state index >= 15 is 0 Å². The van der Waals surface area contributed by atoms with E-state index in [0.29, 0.717) is 13.2 Å². The Morgan fingerprint density at radius 1 is 1.25 bits per heavy atom. The maximum Gasteiger partial charge on any atom is 0.119 e. The number of rotatable bonds is 7. The molecule has 1 aliphatic carbocycles. The highest BCUT2D eigenvalue weighted by Gasteiger charge is 2.29. The summed E-state index contributed by atoms with van der Waals surface area (Å²) in [4.78, 5) is 0. The predicted octanol–water partition coefficient (Wildman–Crippen LogP) is 2.32. The lowest BCUT2D eigenvalue weighted by Crippen LogP contribution is -2.38. The van der Waals surface area contributed by atoms with Gasteiger partial charge in [-0.3, -0.25) is 0 Å². The Balaban J connectivity index is 2.17. The zero-order valence-corrected chi connectivity index (χ0v) is 12.6. The summed E-state index contributed by atoms with van der Waals surface area (Å²) >= 11 is 0. The lowest BCUT2D eigenvalue weighted by molar-refractivity contribution is -0.00983. The summed E-state index contributed by atoms with van der Waals surface area (Å²) in [5.41, 5.74) is 2.70. The van der Waals surface area contributed by atoms with E-state index in [1.165, 1.54) is 11.1 Å². The Kier molecular flexibility index (Phi) is 5.83. The second kappa shape index (κ2) is 7.62. The number of methoxy groups -OCH3 is 2. The van der Waals surface area contributed by atoms with Gasteiger partial charge in [0.1, 0.15) is 5.75 Å². The van der Waals surface area contributed by atoms with E-state index in [-0.39, 0.29) is 12.1 Å². The molecule has 0 heterocycles. The van der Waals surface area contributed by atoms with Crippen molar-refractivity contribution in [3.8, 4) is 5.75 Å². The zero-order chi connectivity index (χ0) is 14.4. The van der Waals surface area contributed by atoms with Crippen LogP contribution in [0.4, 0.5) is 0 Å². The van der Waals surface area contributed by atoms with Gasteiger partial charge in [-0.15, -0.1) is 0 Å². The van der Waals surface area contributed by atoms with Crippen LogP contribution in [0.5, 0.6) is 5.75 Å². The van der Waals surface area contributed by atoms with Crippen molar-refractivity contribution in [3.63, 3.8) is 0 Å². The van der Waals surface area contributed by atoms with E-state index in [2.05, 4.69) is 24.4 Å². The van der Waals surface area contributed by atoms with Crippen molar-refractivity contribution >= 4 is 0 Å². The summed E-state index contributed by atoms with van der Waals surface area (Å²) < 4.78 is 16.4. The standard InChI is InChI=1S/C16H25NO3/c1-4-17-16-14-11-13(19-3)7-5-12(14)6-8-15(16)20-10-9-18-2/h5,7,11,15-17H,4,6,8-10H2,1-3H3. The first-order chi connectivity index (χ1) is 9.80. The molecule has 1 N–H and O–H groups in total. The number of hydrogen-bond donors (Lipinski definition) is 1. The van der Waals surface area contributed by atoms with Crippen molar-refractivity contribution in [1.29, 1.82) is 0 Å². The van der Waals surface area contributed by atoms with Gasteiger partial charge in [-0.2, -0.15) is 0 Å². The van der Waals surface area contributed by atoms with E-state index in [1.807, 2.05) is 6.07 Å². The summed E-state index contributed by atoms with van der Waals surface area (Å²) in [7, 11) is 3.41. The third-order valence-corrected chi connectivity index (χ3v) is 3.80. The van der Waals surface area contributed by atoms with Gasteiger partial charge >= 0.3 is 0 Å². The number of benzene rings is 1. The summed E-state index contributed by atoms with van der Waals surface area (Å²) in [6.45, 7) is 4.33. The third-order valence-electron chi connectivity index (χ3n) is 3.80. The van der Waals surface area contributed by atoms with Crippen LogP contribution in [0.25, 0.3) is 0 Å². The fourth-order valence-electron chi connectivity index (χ4n) is 2.81. The second-order valence-corrected chi connectivity index (χ2v) is 5.04. The van der Waals surface area contributed by atoms with Crippen LogP contribution in [-0.2, 0) is 15.9 Å². The van der Waals surface area contributed by atoms with Crippen molar-refractivity contribution in [2.24, 2.45) is 0 Å². The normalized spacial score (nSPS) is 21.6. The van der Waals surface area contributed by atoms with Crippen LogP contribution in [0.1, 0.15) is 30.5 Å². The zero-order valence-electron chi connectivity index (χ0n) is 12.6. The molecule has 0 bridgehead atoms. The van der Waals surface area contributed by atoms with Crippen LogP contribution < -0.4 is 10.1 Å². The van der Waals surface area contributed by atoms with Gasteiger partial charge in [0.2, 0.25) is 0 Å². The van der Waals surface area contributed by atoms with Gasteiger partial charge in [-0.1, -0.05) is 13.0 Å². The molecule has 112 valence electrons. The van der Waals surface area contributed by atoms with Gasteiger partial charge in [0.25, 0.3) is 0 Å². The van der Waals surface area contributed by atoms with Gasteiger partial charge in [0.05, 0.1) is 32.5 Å². The minimum Gasteiger partial charge on any atom is -0.497 e. The Morgan fingerprint density at radius 3 is 2.80 bits per heavy atom. The number of hydrogen-bond acceptors (Lipinski definition) is 4. The lowest BCUT2D eigenvalue weighted by Gasteiger charge is -2.34. The van der Waals surface area contributed by atoms with Crippen LogP contribution in [0.3, 0.4) is 0 Å². The molecule has 4 nitrogen and oxygen atoms in total. The molecule has 0 amide bonds. The SMILES string of the molecule is CCNC1c2cc(OC)ccc2CCC1OCCOC. The van der Waals surface area contributed by atoms with Gasteiger partial charge in [-0.05, 0) is 42.6 Å². The van der Waals surface area contributed by atoms with Crippen molar-refractivity contribution < 1.29 is 14.2 Å². The van der Waals surface area contributed by atoms with Crippen LogP contribution >= 0.6 is 0 Å². The fraction of sp³-hybridized carbons (Fsp3) is 0.625. The molecule has 0 spiro atoms. The molecule has 1 aliphatic rings. The highest BCUT2D eigenvalue weighted by Crippen LogP contribution is 2.34. The molecular weight excluding hydrogens is 254 g/mol. The van der Waals surface area contributed by atoms with Gasteiger partial charge in [0, 0.05) is 7.11 Å². The van der Waals surface area contributed by atoms with Crippen molar-refractivity contribution in [2.75, 3.05) is 34.0 Å². The Hall–Kier alpha value is -1.10. The van der Waals surface area contributed by atoms with Crippen LogP contribution in [0.2, 0.25) is 0 Å². The van der Waals surface area contributed by atoms with Crippen molar-refractivity contribution in [2.45, 2.75) is 31.9 Å². The summed E-state index contributed by atoms with van der Waals surface area (Å²) in [6, 6.07) is 6.57. The first-order valence-corrected chi connectivity index (χ1v) is 7.30. The molecule has 2 atom stereocenters. The largest absolute Gasteiger partial charge is 0.497 e. The smallest absolute Gasteiger partial charge is 0.119 e. The molecule has 1 aromatic carbocycles. The average molecular weight is 279 g/mol. The van der Waals surface area contributed by atoms with Crippen LogP contribution in [0, 0.1) is 0 Å². The molecule has 20 heavy (non-hydrogen) atoms. The predicted molar refractivity (Wildman–Crippen MR) is 79.3 cm³/mol. The lowest BCUT2D eigenvalue weighted by atomic mass is 9.85. The van der Waals surface area contributed by atoms with E-state index in [9.17, 15) is 0 Å². The van der Waals surface area contributed by atoms with Crippen LogP contribution in [0.15, 0.2) is 18.2 Å². The van der Waals surface area contributed by atoms with Crippen molar-refractivity contribution in [1.82, 2.24) is 5.32 Å². The van der Waals surface area contributed by atoms with E-state index in [0.717, 1.165) is 25.1 Å². The molecule has 0 saturated heterocycles. The molecular formula is C16H25NO3. The third kappa shape index (κ3) is 3.51. The fourth-order valence-corrected chi connectivity index (χ4v) is 2.81. The number of likely N-dealkylation sites (N-methyl/N-ethyl adjacent to an activating group) is 1. The molecule has 1 aromatic rings. The maximum atomic E-state index is 5.99.